The summed E-state index contributed by atoms with van der Waals surface area (Å²) in [5.74, 6) is 0.870. The lowest BCUT2D eigenvalue weighted by Crippen LogP contribution is -2.12. The highest BCUT2D eigenvalue weighted by molar-refractivity contribution is 7.92. The van der Waals surface area contributed by atoms with E-state index in [4.69, 9.17) is 0 Å². The van der Waals surface area contributed by atoms with E-state index in [1.54, 1.807) is 18.3 Å². The molecular formula is C12H16N4O2S. The summed E-state index contributed by atoms with van der Waals surface area (Å²) in [5, 5.41) is 3.17. The highest BCUT2D eigenvalue weighted by Crippen LogP contribution is 2.22. The van der Waals surface area contributed by atoms with Crippen LogP contribution in [0.3, 0.4) is 0 Å². The zero-order chi connectivity index (χ0) is 13.9. The smallest absolute Gasteiger partial charge is 0.229 e. The Labute approximate surface area is 112 Å². The van der Waals surface area contributed by atoms with Gasteiger partial charge in [0.2, 0.25) is 10.0 Å². The van der Waals surface area contributed by atoms with E-state index in [9.17, 15) is 8.42 Å². The fourth-order valence-corrected chi connectivity index (χ4v) is 2.24. The van der Waals surface area contributed by atoms with Crippen LogP contribution in [-0.2, 0) is 23.6 Å². The first-order chi connectivity index (χ1) is 8.96. The van der Waals surface area contributed by atoms with Crippen LogP contribution in [0.25, 0.3) is 0 Å². The lowest BCUT2D eigenvalue weighted by Gasteiger charge is -2.12. The van der Waals surface area contributed by atoms with E-state index >= 15 is 0 Å². The Kier molecular flexibility index (Phi) is 3.75. The Morgan fingerprint density at radius 2 is 1.95 bits per heavy atom. The zero-order valence-electron chi connectivity index (χ0n) is 10.8. The molecule has 0 fully saturated rings. The first-order valence-electron chi connectivity index (χ1n) is 5.72. The van der Waals surface area contributed by atoms with Gasteiger partial charge in [0, 0.05) is 19.4 Å². The predicted molar refractivity (Wildman–Crippen MR) is 75.4 cm³/mol. The summed E-state index contributed by atoms with van der Waals surface area (Å²) in [6, 6.07) is 7.14. The Hall–Kier alpha value is -2.02. The predicted octanol–water partition coefficient (Wildman–Crippen LogP) is 1.40. The highest BCUT2D eigenvalue weighted by Gasteiger charge is 2.07. The molecule has 6 nitrogen and oxygen atoms in total. The number of hydrogen-bond donors (Lipinski definition) is 2. The number of para-hydroxylation sites is 2. The molecule has 2 rings (SSSR count). The van der Waals surface area contributed by atoms with Crippen LogP contribution in [0, 0.1) is 0 Å². The topological polar surface area (TPSA) is 76.0 Å². The molecule has 0 aliphatic rings. The van der Waals surface area contributed by atoms with Gasteiger partial charge >= 0.3 is 0 Å². The molecule has 0 aliphatic heterocycles. The summed E-state index contributed by atoms with van der Waals surface area (Å²) in [6.45, 7) is 0.520. The van der Waals surface area contributed by atoms with Crippen molar-refractivity contribution in [2.24, 2.45) is 7.05 Å². The lowest BCUT2D eigenvalue weighted by molar-refractivity contribution is 0.607. The second-order valence-corrected chi connectivity index (χ2v) is 5.98. The van der Waals surface area contributed by atoms with Crippen LogP contribution in [-0.4, -0.2) is 24.2 Å². The second kappa shape index (κ2) is 5.31. The molecule has 102 valence electrons. The number of nitrogens with zero attached hydrogens (tertiary/aromatic N) is 2. The van der Waals surface area contributed by atoms with E-state index in [-0.39, 0.29) is 0 Å². The van der Waals surface area contributed by atoms with E-state index in [0.717, 1.165) is 17.8 Å². The number of sulfonamides is 1. The molecule has 0 saturated carbocycles. The lowest BCUT2D eigenvalue weighted by atomic mass is 10.2. The average molecular weight is 280 g/mol. The first-order valence-corrected chi connectivity index (χ1v) is 7.62. The van der Waals surface area contributed by atoms with Crippen LogP contribution in [0.4, 0.5) is 11.4 Å². The van der Waals surface area contributed by atoms with Gasteiger partial charge in [0.25, 0.3) is 0 Å². The SMILES string of the molecule is Cn1ccnc1CNc1ccccc1NS(C)(=O)=O. The quantitative estimate of drug-likeness (QED) is 0.868. The Bertz CT molecular complexity index is 664. The van der Waals surface area contributed by atoms with Gasteiger partial charge in [-0.05, 0) is 12.1 Å². The first kappa shape index (κ1) is 13.4. The van der Waals surface area contributed by atoms with Crippen molar-refractivity contribution in [2.75, 3.05) is 16.3 Å². The third-order valence-corrected chi connectivity index (χ3v) is 3.17. The Morgan fingerprint density at radius 1 is 1.26 bits per heavy atom. The second-order valence-electron chi connectivity index (χ2n) is 4.23. The minimum absolute atomic E-state index is 0.520. The van der Waals surface area contributed by atoms with Gasteiger partial charge in [-0.15, -0.1) is 0 Å². The van der Waals surface area contributed by atoms with Crippen LogP contribution in [0.2, 0.25) is 0 Å². The van der Waals surface area contributed by atoms with Crippen molar-refractivity contribution in [2.45, 2.75) is 6.54 Å². The number of benzene rings is 1. The van der Waals surface area contributed by atoms with Crippen LogP contribution < -0.4 is 10.0 Å². The van der Waals surface area contributed by atoms with Gasteiger partial charge in [0.1, 0.15) is 5.82 Å². The number of hydrogen-bond acceptors (Lipinski definition) is 4. The van der Waals surface area contributed by atoms with Crippen molar-refractivity contribution in [3.05, 3.63) is 42.5 Å². The maximum atomic E-state index is 11.3. The molecule has 1 aromatic carbocycles. The largest absolute Gasteiger partial charge is 0.376 e. The average Bonchev–Trinajstić information content (AvgIpc) is 2.72. The van der Waals surface area contributed by atoms with Crippen molar-refractivity contribution in [1.29, 1.82) is 0 Å². The Morgan fingerprint density at radius 3 is 2.53 bits per heavy atom. The summed E-state index contributed by atoms with van der Waals surface area (Å²) >= 11 is 0. The minimum Gasteiger partial charge on any atom is -0.376 e. The molecule has 2 N–H and O–H groups in total. The number of aromatic nitrogens is 2. The normalized spacial score (nSPS) is 11.3. The molecular weight excluding hydrogens is 264 g/mol. The fraction of sp³-hybridized carbons (Fsp3) is 0.250. The third-order valence-electron chi connectivity index (χ3n) is 2.58. The van der Waals surface area contributed by atoms with Gasteiger partial charge in [-0.3, -0.25) is 4.72 Å². The minimum atomic E-state index is -3.29. The summed E-state index contributed by atoms with van der Waals surface area (Å²) in [5.41, 5.74) is 1.25. The summed E-state index contributed by atoms with van der Waals surface area (Å²) < 4.78 is 26.9. The molecule has 0 spiro atoms. The van der Waals surface area contributed by atoms with E-state index in [2.05, 4.69) is 15.0 Å². The monoisotopic (exact) mass is 280 g/mol. The van der Waals surface area contributed by atoms with E-state index < -0.39 is 10.0 Å². The van der Waals surface area contributed by atoms with Crippen molar-refractivity contribution in [3.63, 3.8) is 0 Å². The van der Waals surface area contributed by atoms with E-state index in [1.165, 1.54) is 0 Å². The Balaban J connectivity index is 2.14. The molecule has 7 heteroatoms. The van der Waals surface area contributed by atoms with Crippen LogP contribution >= 0.6 is 0 Å². The molecule has 0 atom stereocenters. The number of anilines is 2. The van der Waals surface area contributed by atoms with Crippen LogP contribution in [0.5, 0.6) is 0 Å². The summed E-state index contributed by atoms with van der Waals surface area (Å²) in [4.78, 5) is 4.20. The number of imidazole rings is 1. The maximum Gasteiger partial charge on any atom is 0.229 e. The fourth-order valence-electron chi connectivity index (χ4n) is 1.67. The molecule has 0 saturated heterocycles. The van der Waals surface area contributed by atoms with Crippen LogP contribution in [0.15, 0.2) is 36.7 Å². The standard InChI is InChI=1S/C12H16N4O2S/c1-16-8-7-13-12(16)9-14-10-5-3-4-6-11(10)15-19(2,17)18/h3-8,14-15H,9H2,1-2H3. The molecule has 1 heterocycles. The molecule has 0 radical (unpaired) electrons. The van der Waals surface area contributed by atoms with E-state index in [1.807, 2.05) is 29.9 Å². The molecule has 2 aromatic rings. The molecule has 0 bridgehead atoms. The van der Waals surface area contributed by atoms with Crippen molar-refractivity contribution < 1.29 is 8.42 Å². The number of aryl methyl sites for hydroxylation is 1. The van der Waals surface area contributed by atoms with Crippen molar-refractivity contribution >= 4 is 21.4 Å². The molecule has 0 unspecified atom stereocenters. The zero-order valence-corrected chi connectivity index (χ0v) is 11.6. The van der Waals surface area contributed by atoms with Crippen molar-refractivity contribution in [3.8, 4) is 0 Å². The van der Waals surface area contributed by atoms with Gasteiger partial charge in [-0.2, -0.15) is 0 Å². The van der Waals surface area contributed by atoms with Gasteiger partial charge in [-0.25, -0.2) is 13.4 Å². The van der Waals surface area contributed by atoms with Crippen molar-refractivity contribution in [1.82, 2.24) is 9.55 Å². The van der Waals surface area contributed by atoms with Gasteiger partial charge < -0.3 is 9.88 Å². The molecule has 0 aliphatic carbocycles. The van der Waals surface area contributed by atoms with Crippen LogP contribution in [0.1, 0.15) is 5.82 Å². The molecule has 1 aromatic heterocycles. The molecule has 0 amide bonds. The number of rotatable bonds is 5. The summed E-state index contributed by atoms with van der Waals surface area (Å²) in [6.07, 6.45) is 4.71. The van der Waals surface area contributed by atoms with Gasteiger partial charge in [-0.1, -0.05) is 12.1 Å². The molecule has 19 heavy (non-hydrogen) atoms. The van der Waals surface area contributed by atoms with Gasteiger partial charge in [0.15, 0.2) is 0 Å². The number of nitrogens with one attached hydrogen (secondary N) is 2. The van der Waals surface area contributed by atoms with E-state index in [0.29, 0.717) is 12.2 Å². The maximum absolute atomic E-state index is 11.3. The highest BCUT2D eigenvalue weighted by atomic mass is 32.2. The van der Waals surface area contributed by atoms with Gasteiger partial charge in [0.05, 0.1) is 24.2 Å². The third kappa shape index (κ3) is 3.72. The summed E-state index contributed by atoms with van der Waals surface area (Å²) in [7, 11) is -1.38.